The molecule has 6 heteroatoms. The highest BCUT2D eigenvalue weighted by Crippen LogP contribution is 2.29. The lowest BCUT2D eigenvalue weighted by molar-refractivity contribution is -0.153. The first-order valence-electron chi connectivity index (χ1n) is 8.35. The zero-order valence-electron chi connectivity index (χ0n) is 14.3. The molecule has 2 aliphatic heterocycles. The van der Waals surface area contributed by atoms with Crippen molar-refractivity contribution in [3.05, 3.63) is 35.1 Å². The standard InChI is InChI=1S/C16H19FN2O3/c1-22-7-6-19-15(20)5-4-14(16(19)21)18-9-11-2-3-13(17)8-12(11)10-18/h2-3,8,14H,4-7,9-10H2,1H3/i9D,10D. The molecular weight excluding hydrogens is 287 g/mol. The van der Waals surface area contributed by atoms with Crippen LogP contribution in [-0.4, -0.2) is 47.9 Å². The molecule has 3 atom stereocenters. The fourth-order valence-corrected chi connectivity index (χ4v) is 2.83. The third-order valence-corrected chi connectivity index (χ3v) is 3.99. The van der Waals surface area contributed by atoms with Gasteiger partial charge in [-0.2, -0.15) is 0 Å². The molecule has 0 N–H and O–H groups in total. The van der Waals surface area contributed by atoms with Crippen LogP contribution in [0, 0.1) is 5.82 Å². The van der Waals surface area contributed by atoms with Gasteiger partial charge in [-0.1, -0.05) is 6.07 Å². The second-order valence-corrected chi connectivity index (χ2v) is 5.41. The predicted octanol–water partition coefficient (Wildman–Crippen LogP) is 1.31. The Kier molecular flexibility index (Phi) is 3.55. The highest BCUT2D eigenvalue weighted by atomic mass is 19.1. The molecule has 0 spiro atoms. The molecule has 0 radical (unpaired) electrons. The Morgan fingerprint density at radius 3 is 2.91 bits per heavy atom. The van der Waals surface area contributed by atoms with Crippen LogP contribution < -0.4 is 0 Å². The summed E-state index contributed by atoms with van der Waals surface area (Å²) in [6, 6.07) is 3.26. The summed E-state index contributed by atoms with van der Waals surface area (Å²) < 4.78 is 35.1. The average Bonchev–Trinajstić information content (AvgIpc) is 2.79. The lowest BCUT2D eigenvalue weighted by Gasteiger charge is -2.35. The number of likely N-dealkylation sites (tertiary alicyclic amines) is 1. The Hall–Kier alpha value is -1.79. The minimum absolute atomic E-state index is 0.158. The Morgan fingerprint density at radius 2 is 2.14 bits per heavy atom. The maximum Gasteiger partial charge on any atom is 0.246 e. The highest BCUT2D eigenvalue weighted by molar-refractivity contribution is 6.00. The van der Waals surface area contributed by atoms with E-state index >= 15 is 0 Å². The second kappa shape index (κ2) is 6.14. The number of methoxy groups -OCH3 is 1. The Labute approximate surface area is 131 Å². The molecular formula is C16H19FN2O3. The number of benzene rings is 1. The number of amides is 2. The van der Waals surface area contributed by atoms with E-state index in [0.717, 1.165) is 4.90 Å². The highest BCUT2D eigenvalue weighted by Gasteiger charge is 2.39. The van der Waals surface area contributed by atoms with E-state index in [0.29, 0.717) is 11.1 Å². The fraction of sp³-hybridized carbons (Fsp3) is 0.500. The molecule has 0 aliphatic carbocycles. The van der Waals surface area contributed by atoms with Crippen LogP contribution in [-0.2, 0) is 27.4 Å². The quantitative estimate of drug-likeness (QED) is 0.787. The molecule has 22 heavy (non-hydrogen) atoms. The maximum absolute atomic E-state index is 13.5. The van der Waals surface area contributed by atoms with E-state index in [9.17, 15) is 14.0 Å². The van der Waals surface area contributed by atoms with Crippen LogP contribution in [0.2, 0.25) is 0 Å². The first-order valence-corrected chi connectivity index (χ1v) is 7.20. The summed E-state index contributed by atoms with van der Waals surface area (Å²) in [5, 5.41) is 0. The molecule has 118 valence electrons. The van der Waals surface area contributed by atoms with E-state index < -0.39 is 30.8 Å². The van der Waals surface area contributed by atoms with Crippen LogP contribution in [0.5, 0.6) is 0 Å². The monoisotopic (exact) mass is 308 g/mol. The summed E-state index contributed by atoms with van der Waals surface area (Å²) in [6.45, 7) is -1.52. The minimum atomic E-state index is -0.996. The number of piperidine rings is 1. The number of ether oxygens (including phenoxy) is 1. The van der Waals surface area contributed by atoms with Crippen molar-refractivity contribution in [1.29, 1.82) is 0 Å². The molecule has 0 aromatic heterocycles. The van der Waals surface area contributed by atoms with Crippen molar-refractivity contribution >= 4 is 11.8 Å². The lowest BCUT2D eigenvalue weighted by atomic mass is 10.0. The molecule has 1 aromatic rings. The molecule has 2 amide bonds. The molecule has 1 fully saturated rings. The van der Waals surface area contributed by atoms with Gasteiger partial charge in [0.1, 0.15) is 5.82 Å². The third kappa shape index (κ3) is 2.76. The van der Waals surface area contributed by atoms with Gasteiger partial charge in [0.2, 0.25) is 11.8 Å². The van der Waals surface area contributed by atoms with Crippen molar-refractivity contribution in [3.8, 4) is 0 Å². The number of fused-ring (bicyclic) bond motifs is 1. The molecule has 1 saturated heterocycles. The molecule has 0 bridgehead atoms. The van der Waals surface area contributed by atoms with E-state index in [-0.39, 0.29) is 31.9 Å². The summed E-state index contributed by atoms with van der Waals surface area (Å²) >= 11 is 0. The number of carbonyl (C=O) groups excluding carboxylic acids is 2. The van der Waals surface area contributed by atoms with Gasteiger partial charge in [0.05, 0.1) is 19.2 Å². The van der Waals surface area contributed by atoms with Crippen LogP contribution in [0.1, 0.15) is 26.7 Å². The van der Waals surface area contributed by atoms with Crippen LogP contribution in [0.15, 0.2) is 18.2 Å². The zero-order valence-corrected chi connectivity index (χ0v) is 12.3. The Morgan fingerprint density at radius 1 is 1.36 bits per heavy atom. The predicted molar refractivity (Wildman–Crippen MR) is 77.3 cm³/mol. The molecule has 1 aromatic carbocycles. The minimum Gasteiger partial charge on any atom is -0.383 e. The van der Waals surface area contributed by atoms with Gasteiger partial charge in [-0.3, -0.25) is 19.4 Å². The fourth-order valence-electron chi connectivity index (χ4n) is 2.83. The van der Waals surface area contributed by atoms with Crippen molar-refractivity contribution in [2.24, 2.45) is 0 Å². The van der Waals surface area contributed by atoms with Gasteiger partial charge in [-0.25, -0.2) is 4.39 Å². The summed E-state index contributed by atoms with van der Waals surface area (Å²) in [4.78, 5) is 27.3. The van der Waals surface area contributed by atoms with Crippen molar-refractivity contribution in [2.45, 2.75) is 31.9 Å². The van der Waals surface area contributed by atoms with E-state index in [4.69, 9.17) is 7.48 Å². The van der Waals surface area contributed by atoms with Crippen LogP contribution in [0.4, 0.5) is 4.39 Å². The van der Waals surface area contributed by atoms with Crippen molar-refractivity contribution in [3.63, 3.8) is 0 Å². The molecule has 5 nitrogen and oxygen atoms in total. The average molecular weight is 308 g/mol. The van der Waals surface area contributed by atoms with Gasteiger partial charge in [-0.15, -0.1) is 0 Å². The van der Waals surface area contributed by atoms with Crippen molar-refractivity contribution < 1.29 is 21.5 Å². The SMILES string of the molecule is [2H]C1c2ccc(F)cc2C([2H])N1C1CCC(=O)N(CCOC)C1=O. The molecule has 3 unspecified atom stereocenters. The smallest absolute Gasteiger partial charge is 0.246 e. The largest absolute Gasteiger partial charge is 0.383 e. The van der Waals surface area contributed by atoms with Gasteiger partial charge >= 0.3 is 0 Å². The number of imide groups is 1. The number of hydrogen-bond donors (Lipinski definition) is 0. The van der Waals surface area contributed by atoms with Gasteiger partial charge in [0.15, 0.2) is 0 Å². The number of hydrogen-bond acceptors (Lipinski definition) is 4. The van der Waals surface area contributed by atoms with Crippen LogP contribution in [0.3, 0.4) is 0 Å². The van der Waals surface area contributed by atoms with Gasteiger partial charge in [0, 0.05) is 29.3 Å². The molecule has 2 aliphatic rings. The summed E-state index contributed by atoms with van der Waals surface area (Å²) in [6.07, 6.45) is 0.448. The van der Waals surface area contributed by atoms with E-state index in [1.165, 1.54) is 30.2 Å². The van der Waals surface area contributed by atoms with Gasteiger partial charge in [-0.05, 0) is 29.7 Å². The Bertz CT molecular complexity index is 673. The first kappa shape index (κ1) is 12.7. The summed E-state index contributed by atoms with van der Waals surface area (Å²) in [5.74, 6) is -1.14. The number of rotatable bonds is 4. The number of halogens is 1. The second-order valence-electron chi connectivity index (χ2n) is 5.41. The van der Waals surface area contributed by atoms with Gasteiger partial charge < -0.3 is 4.74 Å². The number of carbonyl (C=O) groups is 2. The van der Waals surface area contributed by atoms with Crippen LogP contribution >= 0.6 is 0 Å². The van der Waals surface area contributed by atoms with E-state index in [1.54, 1.807) is 0 Å². The Balaban J connectivity index is 1.86. The van der Waals surface area contributed by atoms with Crippen molar-refractivity contribution in [1.82, 2.24) is 9.80 Å². The summed E-state index contributed by atoms with van der Waals surface area (Å²) in [5.41, 5.74) is 0.938. The van der Waals surface area contributed by atoms with Crippen LogP contribution in [0.25, 0.3) is 0 Å². The molecule has 3 rings (SSSR count). The molecule has 0 saturated carbocycles. The zero-order chi connectivity index (χ0) is 17.4. The van der Waals surface area contributed by atoms with E-state index in [2.05, 4.69) is 0 Å². The first-order chi connectivity index (χ1) is 11.5. The number of nitrogens with zero attached hydrogens (tertiary/aromatic N) is 2. The van der Waals surface area contributed by atoms with E-state index in [1.807, 2.05) is 0 Å². The topological polar surface area (TPSA) is 49.9 Å². The van der Waals surface area contributed by atoms with Crippen molar-refractivity contribution in [2.75, 3.05) is 20.3 Å². The molecule has 2 heterocycles. The normalized spacial score (nSPS) is 30.3. The summed E-state index contributed by atoms with van der Waals surface area (Å²) in [7, 11) is 1.49. The maximum atomic E-state index is 13.5. The third-order valence-electron chi connectivity index (χ3n) is 3.99. The van der Waals surface area contributed by atoms with Gasteiger partial charge in [0.25, 0.3) is 0 Å². The lowest BCUT2D eigenvalue weighted by Crippen LogP contribution is -2.54.